The third-order valence-electron chi connectivity index (χ3n) is 5.09. The van der Waals surface area contributed by atoms with Crippen molar-refractivity contribution < 1.29 is 14.3 Å². The van der Waals surface area contributed by atoms with Crippen LogP contribution >= 0.6 is 0 Å². The fraction of sp³-hybridized carbons (Fsp3) is 0.545. The van der Waals surface area contributed by atoms with Gasteiger partial charge < -0.3 is 15.4 Å². The summed E-state index contributed by atoms with van der Waals surface area (Å²) in [6, 6.07) is 7.33. The zero-order valence-corrected chi connectivity index (χ0v) is 16.3. The van der Waals surface area contributed by atoms with E-state index in [4.69, 9.17) is 4.74 Å². The van der Waals surface area contributed by atoms with Gasteiger partial charge in [-0.1, -0.05) is 11.6 Å². The van der Waals surface area contributed by atoms with E-state index in [1.54, 1.807) is 0 Å². The number of ether oxygens (including phenoxy) is 1. The molecule has 2 N–H and O–H groups in total. The largest absolute Gasteiger partial charge is 0.491 e. The minimum Gasteiger partial charge on any atom is -0.491 e. The van der Waals surface area contributed by atoms with Crippen molar-refractivity contribution in [2.45, 2.75) is 58.5 Å². The van der Waals surface area contributed by atoms with Gasteiger partial charge in [-0.2, -0.15) is 0 Å². The number of carbonyl (C=O) groups is 2. The number of hydrogen-bond acceptors (Lipinski definition) is 3. The Labute approximate surface area is 161 Å². The molecule has 0 spiro atoms. The van der Waals surface area contributed by atoms with Gasteiger partial charge in [0.05, 0.1) is 17.9 Å². The van der Waals surface area contributed by atoms with Crippen molar-refractivity contribution in [3.05, 3.63) is 35.9 Å². The maximum Gasteiger partial charge on any atom is 0.228 e. The quantitative estimate of drug-likeness (QED) is 0.678. The van der Waals surface area contributed by atoms with E-state index in [9.17, 15) is 9.59 Å². The van der Waals surface area contributed by atoms with E-state index in [0.717, 1.165) is 24.3 Å². The van der Waals surface area contributed by atoms with Crippen LogP contribution in [0.2, 0.25) is 0 Å². The average molecular weight is 370 g/mol. The van der Waals surface area contributed by atoms with E-state index in [-0.39, 0.29) is 29.8 Å². The number of hydrogen-bond donors (Lipinski definition) is 2. The van der Waals surface area contributed by atoms with Crippen molar-refractivity contribution >= 4 is 17.5 Å². The molecule has 146 valence electrons. The Bertz CT molecular complexity index is 694. The molecule has 2 unspecified atom stereocenters. The molecule has 2 aliphatic carbocycles. The van der Waals surface area contributed by atoms with Gasteiger partial charge in [0, 0.05) is 12.2 Å². The fourth-order valence-corrected chi connectivity index (χ4v) is 3.51. The molecule has 5 heteroatoms. The highest BCUT2D eigenvalue weighted by molar-refractivity contribution is 5.99. The van der Waals surface area contributed by atoms with Crippen LogP contribution in [0, 0.1) is 11.8 Å². The molecule has 0 aromatic heterocycles. The maximum atomic E-state index is 12.3. The molecule has 1 aromatic rings. The summed E-state index contributed by atoms with van der Waals surface area (Å²) in [4.78, 5) is 24.6. The summed E-state index contributed by atoms with van der Waals surface area (Å²) < 4.78 is 5.59. The van der Waals surface area contributed by atoms with E-state index in [2.05, 4.69) is 16.7 Å². The summed E-state index contributed by atoms with van der Waals surface area (Å²) in [6.07, 6.45) is 8.85. The highest BCUT2D eigenvalue weighted by atomic mass is 16.5. The number of rotatable bonds is 8. The molecule has 27 heavy (non-hydrogen) atoms. The van der Waals surface area contributed by atoms with Crippen LogP contribution in [0.1, 0.15) is 52.4 Å². The molecule has 2 atom stereocenters. The number of allylic oxidation sites excluding steroid dienone is 1. The molecule has 0 heterocycles. The summed E-state index contributed by atoms with van der Waals surface area (Å²) in [7, 11) is 0. The molecule has 5 nitrogen and oxygen atoms in total. The lowest BCUT2D eigenvalue weighted by molar-refractivity contribution is -0.125. The molecule has 1 aromatic carbocycles. The van der Waals surface area contributed by atoms with Crippen LogP contribution in [0.15, 0.2) is 35.9 Å². The van der Waals surface area contributed by atoms with Gasteiger partial charge in [-0.15, -0.1) is 0 Å². The first kappa shape index (κ1) is 19.5. The fourth-order valence-electron chi connectivity index (χ4n) is 3.51. The summed E-state index contributed by atoms with van der Waals surface area (Å²) in [5.74, 6) is 0.300. The normalized spacial score (nSPS) is 21.4. The second-order valence-electron chi connectivity index (χ2n) is 7.78. The highest BCUT2D eigenvalue weighted by Gasteiger charge is 2.47. The van der Waals surface area contributed by atoms with Gasteiger partial charge in [-0.3, -0.25) is 9.59 Å². The maximum absolute atomic E-state index is 12.3. The van der Waals surface area contributed by atoms with Crippen LogP contribution < -0.4 is 15.4 Å². The Morgan fingerprint density at radius 2 is 1.85 bits per heavy atom. The third-order valence-corrected chi connectivity index (χ3v) is 5.09. The molecule has 3 rings (SSSR count). The van der Waals surface area contributed by atoms with Crippen LogP contribution in [0.25, 0.3) is 0 Å². The molecule has 2 amide bonds. The molecule has 2 aliphatic rings. The summed E-state index contributed by atoms with van der Waals surface area (Å²) in [5.41, 5.74) is 2.18. The van der Waals surface area contributed by atoms with Crippen LogP contribution in [-0.2, 0) is 9.59 Å². The van der Waals surface area contributed by atoms with Gasteiger partial charge in [0.25, 0.3) is 0 Å². The molecule has 0 saturated heterocycles. The predicted molar refractivity (Wildman–Crippen MR) is 107 cm³/mol. The van der Waals surface area contributed by atoms with Crippen molar-refractivity contribution in [1.29, 1.82) is 0 Å². The minimum absolute atomic E-state index is 0.00670. The summed E-state index contributed by atoms with van der Waals surface area (Å²) in [6.45, 7) is 4.62. The number of carbonyl (C=O) groups excluding carboxylic acids is 2. The third kappa shape index (κ3) is 5.84. The van der Waals surface area contributed by atoms with Crippen molar-refractivity contribution in [3.63, 3.8) is 0 Å². The number of nitrogens with one attached hydrogen (secondary N) is 2. The second kappa shape index (κ2) is 9.07. The van der Waals surface area contributed by atoms with E-state index in [1.165, 1.54) is 24.8 Å². The summed E-state index contributed by atoms with van der Waals surface area (Å²) >= 11 is 0. The van der Waals surface area contributed by atoms with Crippen molar-refractivity contribution in [3.8, 4) is 5.75 Å². The second-order valence-corrected chi connectivity index (χ2v) is 7.78. The molecule has 1 saturated carbocycles. The zero-order valence-electron chi connectivity index (χ0n) is 16.3. The van der Waals surface area contributed by atoms with Crippen molar-refractivity contribution in [2.24, 2.45) is 11.8 Å². The molecular weight excluding hydrogens is 340 g/mol. The zero-order chi connectivity index (χ0) is 19.2. The predicted octanol–water partition coefficient (Wildman–Crippen LogP) is 4.06. The van der Waals surface area contributed by atoms with Gasteiger partial charge >= 0.3 is 0 Å². The van der Waals surface area contributed by atoms with E-state index >= 15 is 0 Å². The Hall–Kier alpha value is -2.30. The molecule has 0 radical (unpaired) electrons. The first-order valence-electron chi connectivity index (χ1n) is 10.1. The van der Waals surface area contributed by atoms with E-state index < -0.39 is 0 Å². The lowest BCUT2D eigenvalue weighted by atomic mass is 9.97. The Morgan fingerprint density at radius 1 is 1.11 bits per heavy atom. The molecular formula is C22H30N2O3. The van der Waals surface area contributed by atoms with Gasteiger partial charge in [-0.25, -0.2) is 0 Å². The Kier molecular flexibility index (Phi) is 6.54. The SMILES string of the molecule is CC(C)Oc1ccc(NC(=O)C2CC2C(=O)NCCC2=CCCCC2)cc1. The number of benzene rings is 1. The monoisotopic (exact) mass is 370 g/mol. The van der Waals surface area contributed by atoms with Crippen LogP contribution in [0.4, 0.5) is 5.69 Å². The highest BCUT2D eigenvalue weighted by Crippen LogP contribution is 2.39. The van der Waals surface area contributed by atoms with Crippen LogP contribution in [-0.4, -0.2) is 24.5 Å². The van der Waals surface area contributed by atoms with E-state index in [1.807, 2.05) is 38.1 Å². The number of anilines is 1. The lowest BCUT2D eigenvalue weighted by Crippen LogP contribution is -2.28. The first-order valence-corrected chi connectivity index (χ1v) is 10.1. The molecule has 1 fully saturated rings. The lowest BCUT2D eigenvalue weighted by Gasteiger charge is -2.13. The molecule has 0 bridgehead atoms. The Balaban J connectivity index is 1.39. The minimum atomic E-state index is -0.217. The first-order chi connectivity index (χ1) is 13.0. The van der Waals surface area contributed by atoms with Gasteiger partial charge in [0.2, 0.25) is 11.8 Å². The topological polar surface area (TPSA) is 67.4 Å². The Morgan fingerprint density at radius 3 is 2.52 bits per heavy atom. The average Bonchev–Trinajstić information content (AvgIpc) is 3.45. The number of amides is 2. The van der Waals surface area contributed by atoms with Crippen LogP contribution in [0.3, 0.4) is 0 Å². The summed E-state index contributed by atoms with van der Waals surface area (Å²) in [5, 5.41) is 5.88. The van der Waals surface area contributed by atoms with E-state index in [0.29, 0.717) is 13.0 Å². The van der Waals surface area contributed by atoms with Gasteiger partial charge in [0.15, 0.2) is 0 Å². The molecule has 0 aliphatic heterocycles. The van der Waals surface area contributed by atoms with Crippen LogP contribution in [0.5, 0.6) is 5.75 Å². The van der Waals surface area contributed by atoms with Crippen molar-refractivity contribution in [1.82, 2.24) is 5.32 Å². The van der Waals surface area contributed by atoms with Gasteiger partial charge in [0.1, 0.15) is 5.75 Å². The smallest absolute Gasteiger partial charge is 0.228 e. The van der Waals surface area contributed by atoms with Crippen molar-refractivity contribution in [2.75, 3.05) is 11.9 Å². The standard InChI is InChI=1S/C22H30N2O3/c1-15(2)27-18-10-8-17(9-11-18)24-22(26)20-14-19(20)21(25)23-13-12-16-6-4-3-5-7-16/h6,8-11,15,19-20H,3-5,7,12-14H2,1-2H3,(H,23,25)(H,24,26). The van der Waals surface area contributed by atoms with Gasteiger partial charge in [-0.05, 0) is 76.6 Å².